The minimum atomic E-state index is 0.0670. The third-order valence-electron chi connectivity index (χ3n) is 4.01. The largest absolute Gasteiger partial charge is 0.355 e. The van der Waals surface area contributed by atoms with Crippen molar-refractivity contribution in [2.24, 2.45) is 7.05 Å². The summed E-state index contributed by atoms with van der Waals surface area (Å²) in [6, 6.07) is 0. The summed E-state index contributed by atoms with van der Waals surface area (Å²) in [5, 5.41) is 11.7. The minimum absolute atomic E-state index is 0.0670. The van der Waals surface area contributed by atoms with Crippen LogP contribution in [0.4, 0.5) is 0 Å². The summed E-state index contributed by atoms with van der Waals surface area (Å²) in [6.07, 6.45) is 2.23. The van der Waals surface area contributed by atoms with Gasteiger partial charge in [-0.05, 0) is 20.0 Å². The second kappa shape index (κ2) is 7.40. The molecule has 1 N–H and O–H groups in total. The van der Waals surface area contributed by atoms with Crippen molar-refractivity contribution < 1.29 is 4.79 Å². The van der Waals surface area contributed by atoms with Gasteiger partial charge in [-0.1, -0.05) is 13.8 Å². The fourth-order valence-corrected chi connectivity index (χ4v) is 2.67. The Labute approximate surface area is 131 Å². The average molecular weight is 306 g/mol. The Morgan fingerprint density at radius 3 is 2.77 bits per heavy atom. The molecule has 22 heavy (non-hydrogen) atoms. The zero-order valence-electron chi connectivity index (χ0n) is 14.0. The minimum Gasteiger partial charge on any atom is -0.355 e. The summed E-state index contributed by atoms with van der Waals surface area (Å²) in [6.45, 7) is 10.4. The average Bonchev–Trinajstić information content (AvgIpc) is 3.04. The maximum Gasteiger partial charge on any atom is 0.221 e. The molecular weight excluding hydrogens is 280 g/mol. The van der Waals surface area contributed by atoms with Crippen molar-refractivity contribution >= 4 is 16.9 Å². The number of aryl methyl sites for hydroxylation is 3. The lowest BCUT2D eigenvalue weighted by atomic mass is 10.3. The first kappa shape index (κ1) is 16.5. The molecule has 0 aromatic carbocycles. The summed E-state index contributed by atoms with van der Waals surface area (Å²) < 4.78 is 3.68. The molecule has 0 atom stereocenters. The van der Waals surface area contributed by atoms with E-state index in [2.05, 4.69) is 34.3 Å². The Morgan fingerprint density at radius 2 is 2.09 bits per heavy atom. The van der Waals surface area contributed by atoms with Crippen LogP contribution in [-0.2, 0) is 18.4 Å². The molecule has 0 unspecified atom stereocenters. The Balaban J connectivity index is 1.83. The van der Waals surface area contributed by atoms with Crippen LogP contribution in [0.3, 0.4) is 0 Å². The van der Waals surface area contributed by atoms with Crippen LogP contribution in [0.15, 0.2) is 6.20 Å². The monoisotopic (exact) mass is 306 g/mol. The molecule has 0 aliphatic heterocycles. The van der Waals surface area contributed by atoms with Crippen LogP contribution in [0, 0.1) is 6.92 Å². The standard InChI is InChI=1S/C15H26N6O/c1-5-20(6-2)10-8-16-14(22)7-9-21-15-12(3)18-19(4)13(15)11-17-21/h11H,5-10H2,1-4H3,(H,16,22). The quantitative estimate of drug-likeness (QED) is 0.788. The lowest BCUT2D eigenvalue weighted by molar-refractivity contribution is -0.121. The summed E-state index contributed by atoms with van der Waals surface area (Å²) in [4.78, 5) is 14.2. The molecule has 2 rings (SSSR count). The molecule has 0 aliphatic rings. The third kappa shape index (κ3) is 3.65. The van der Waals surface area contributed by atoms with Crippen LogP contribution in [-0.4, -0.2) is 56.5 Å². The van der Waals surface area contributed by atoms with Gasteiger partial charge in [0.25, 0.3) is 0 Å². The normalized spacial score (nSPS) is 11.5. The molecule has 2 aromatic heterocycles. The highest BCUT2D eigenvalue weighted by Gasteiger charge is 2.12. The Morgan fingerprint density at radius 1 is 1.36 bits per heavy atom. The van der Waals surface area contributed by atoms with Gasteiger partial charge < -0.3 is 10.2 Å². The predicted octanol–water partition coefficient (Wildman–Crippen LogP) is 0.926. The molecule has 2 aromatic rings. The van der Waals surface area contributed by atoms with Crippen LogP contribution in [0.5, 0.6) is 0 Å². The van der Waals surface area contributed by atoms with Gasteiger partial charge in [0, 0.05) is 26.6 Å². The summed E-state index contributed by atoms with van der Waals surface area (Å²) in [5.41, 5.74) is 2.95. The van der Waals surface area contributed by atoms with E-state index in [-0.39, 0.29) is 5.91 Å². The summed E-state index contributed by atoms with van der Waals surface area (Å²) >= 11 is 0. The number of nitrogens with zero attached hydrogens (tertiary/aromatic N) is 5. The lowest BCUT2D eigenvalue weighted by Crippen LogP contribution is -2.35. The van der Waals surface area contributed by atoms with Crippen LogP contribution in [0.1, 0.15) is 26.0 Å². The van der Waals surface area contributed by atoms with Crippen molar-refractivity contribution in [3.63, 3.8) is 0 Å². The van der Waals surface area contributed by atoms with Gasteiger partial charge in [-0.25, -0.2) is 0 Å². The van der Waals surface area contributed by atoms with Gasteiger partial charge in [-0.3, -0.25) is 14.2 Å². The first-order chi connectivity index (χ1) is 10.6. The third-order valence-corrected chi connectivity index (χ3v) is 4.01. The maximum atomic E-state index is 11.9. The SMILES string of the molecule is CCN(CC)CCNC(=O)CCn1ncc2c1c(C)nn2C. The number of amides is 1. The molecule has 0 bridgehead atoms. The van der Waals surface area contributed by atoms with Gasteiger partial charge in [-0.2, -0.15) is 10.2 Å². The van der Waals surface area contributed by atoms with Crippen molar-refractivity contribution in [1.82, 2.24) is 29.8 Å². The zero-order valence-corrected chi connectivity index (χ0v) is 14.0. The van der Waals surface area contributed by atoms with Crippen LogP contribution >= 0.6 is 0 Å². The smallest absolute Gasteiger partial charge is 0.221 e. The molecule has 122 valence electrons. The number of hydrogen-bond donors (Lipinski definition) is 1. The predicted molar refractivity (Wildman–Crippen MR) is 86.7 cm³/mol. The van der Waals surface area contributed by atoms with Crippen molar-refractivity contribution in [2.75, 3.05) is 26.2 Å². The molecule has 0 radical (unpaired) electrons. The summed E-state index contributed by atoms with van der Waals surface area (Å²) in [7, 11) is 1.90. The molecule has 0 saturated carbocycles. The van der Waals surface area contributed by atoms with E-state index in [0.717, 1.165) is 36.4 Å². The van der Waals surface area contributed by atoms with Gasteiger partial charge in [0.05, 0.1) is 18.4 Å². The Kier molecular flexibility index (Phi) is 5.54. The van der Waals surface area contributed by atoms with E-state index in [4.69, 9.17) is 0 Å². The molecule has 7 heteroatoms. The van der Waals surface area contributed by atoms with E-state index < -0.39 is 0 Å². The molecule has 0 fully saturated rings. The molecule has 1 amide bonds. The number of likely N-dealkylation sites (N-methyl/N-ethyl adjacent to an activating group) is 1. The van der Waals surface area contributed by atoms with Gasteiger partial charge in [0.2, 0.25) is 5.91 Å². The molecule has 0 saturated heterocycles. The van der Waals surface area contributed by atoms with Gasteiger partial charge in [0.15, 0.2) is 0 Å². The van der Waals surface area contributed by atoms with Gasteiger partial charge in [0.1, 0.15) is 11.0 Å². The summed E-state index contributed by atoms with van der Waals surface area (Å²) in [5.74, 6) is 0.0670. The fourth-order valence-electron chi connectivity index (χ4n) is 2.67. The van der Waals surface area contributed by atoms with Crippen LogP contribution < -0.4 is 5.32 Å². The van der Waals surface area contributed by atoms with E-state index >= 15 is 0 Å². The van der Waals surface area contributed by atoms with Crippen LogP contribution in [0.25, 0.3) is 11.0 Å². The van der Waals surface area contributed by atoms with Crippen LogP contribution in [0.2, 0.25) is 0 Å². The molecular formula is C15H26N6O. The first-order valence-electron chi connectivity index (χ1n) is 7.91. The molecule has 0 spiro atoms. The van der Waals surface area contributed by atoms with E-state index in [0.29, 0.717) is 19.5 Å². The molecule has 7 nitrogen and oxygen atoms in total. The van der Waals surface area contributed by atoms with Crippen molar-refractivity contribution in [2.45, 2.75) is 33.7 Å². The topological polar surface area (TPSA) is 68.0 Å². The highest BCUT2D eigenvalue weighted by molar-refractivity contribution is 5.78. The maximum absolute atomic E-state index is 11.9. The zero-order chi connectivity index (χ0) is 16.1. The van der Waals surface area contributed by atoms with Crippen molar-refractivity contribution in [3.8, 4) is 0 Å². The van der Waals surface area contributed by atoms with Crippen molar-refractivity contribution in [1.29, 1.82) is 0 Å². The van der Waals surface area contributed by atoms with Crippen molar-refractivity contribution in [3.05, 3.63) is 11.9 Å². The molecule has 0 aliphatic carbocycles. The highest BCUT2D eigenvalue weighted by atomic mass is 16.1. The number of rotatable bonds is 8. The van der Waals surface area contributed by atoms with E-state index in [9.17, 15) is 4.79 Å². The number of aromatic nitrogens is 4. The number of fused-ring (bicyclic) bond motifs is 1. The second-order valence-corrected chi connectivity index (χ2v) is 5.44. The Hall–Kier alpha value is -1.89. The lowest BCUT2D eigenvalue weighted by Gasteiger charge is -2.17. The number of carbonyl (C=O) groups is 1. The fraction of sp³-hybridized carbons (Fsp3) is 0.667. The number of carbonyl (C=O) groups excluding carboxylic acids is 1. The van der Waals surface area contributed by atoms with E-state index in [1.54, 1.807) is 6.20 Å². The Bertz CT molecular complexity index is 625. The number of hydrogen-bond acceptors (Lipinski definition) is 4. The van der Waals surface area contributed by atoms with Gasteiger partial charge in [-0.15, -0.1) is 0 Å². The second-order valence-electron chi connectivity index (χ2n) is 5.44. The van der Waals surface area contributed by atoms with E-state index in [1.165, 1.54) is 0 Å². The highest BCUT2D eigenvalue weighted by Crippen LogP contribution is 2.16. The number of nitrogens with one attached hydrogen (secondary N) is 1. The van der Waals surface area contributed by atoms with E-state index in [1.807, 2.05) is 23.3 Å². The molecule has 2 heterocycles. The van der Waals surface area contributed by atoms with Gasteiger partial charge >= 0.3 is 0 Å². The first-order valence-corrected chi connectivity index (χ1v) is 7.91.